The largest absolute Gasteiger partial charge is 0.459 e. The van der Waals surface area contributed by atoms with Gasteiger partial charge in [0.2, 0.25) is 0 Å². The van der Waals surface area contributed by atoms with E-state index >= 15 is 0 Å². The molecular weight excluding hydrogens is 266 g/mol. The van der Waals surface area contributed by atoms with Gasteiger partial charge in [-0.1, -0.05) is 13.8 Å². The molecule has 0 saturated carbocycles. The van der Waals surface area contributed by atoms with E-state index in [0.717, 1.165) is 6.54 Å². The standard InChI is InChI=1S/C13H27NO4S/c1-11(2)9-14-7-6-8-19(16,17)10-12(15)18-13(3,4)5/h11,14H,6-10H2,1-5H3. The van der Waals surface area contributed by atoms with Gasteiger partial charge < -0.3 is 10.1 Å². The van der Waals surface area contributed by atoms with Crippen LogP contribution in [0, 0.1) is 5.92 Å². The molecule has 0 aliphatic carbocycles. The minimum absolute atomic E-state index is 0.0112. The molecule has 0 aliphatic heterocycles. The van der Waals surface area contributed by atoms with Crippen molar-refractivity contribution < 1.29 is 17.9 Å². The number of ether oxygens (including phenoxy) is 1. The van der Waals surface area contributed by atoms with Crippen molar-refractivity contribution >= 4 is 15.8 Å². The summed E-state index contributed by atoms with van der Waals surface area (Å²) in [4.78, 5) is 11.4. The topological polar surface area (TPSA) is 72.5 Å². The van der Waals surface area contributed by atoms with Crippen molar-refractivity contribution in [2.24, 2.45) is 5.92 Å². The Kier molecular flexibility index (Phi) is 7.59. The molecule has 5 nitrogen and oxygen atoms in total. The average molecular weight is 293 g/mol. The molecule has 6 heteroatoms. The Bertz CT molecular complexity index is 369. The highest BCUT2D eigenvalue weighted by atomic mass is 32.2. The van der Waals surface area contributed by atoms with Crippen molar-refractivity contribution in [3.8, 4) is 0 Å². The average Bonchev–Trinajstić information content (AvgIpc) is 2.11. The van der Waals surface area contributed by atoms with Gasteiger partial charge >= 0.3 is 5.97 Å². The number of hydrogen-bond donors (Lipinski definition) is 1. The Morgan fingerprint density at radius 1 is 1.26 bits per heavy atom. The van der Waals surface area contributed by atoms with Crippen LogP contribution in [0.5, 0.6) is 0 Å². The molecule has 0 aromatic rings. The Labute approximate surface area is 117 Å². The lowest BCUT2D eigenvalue weighted by molar-refractivity contribution is -0.151. The van der Waals surface area contributed by atoms with E-state index in [1.807, 2.05) is 0 Å². The van der Waals surface area contributed by atoms with Crippen LogP contribution >= 0.6 is 0 Å². The smallest absolute Gasteiger partial charge is 0.321 e. The SMILES string of the molecule is CC(C)CNCCCS(=O)(=O)CC(=O)OC(C)(C)C. The van der Waals surface area contributed by atoms with Crippen LogP contribution in [-0.4, -0.2) is 44.6 Å². The van der Waals surface area contributed by atoms with E-state index < -0.39 is 27.2 Å². The molecule has 19 heavy (non-hydrogen) atoms. The van der Waals surface area contributed by atoms with Crippen LogP contribution in [-0.2, 0) is 19.4 Å². The first-order chi connectivity index (χ1) is 8.52. The Morgan fingerprint density at radius 2 is 1.84 bits per heavy atom. The molecule has 0 aliphatic rings. The zero-order valence-corrected chi connectivity index (χ0v) is 13.5. The van der Waals surface area contributed by atoms with E-state index in [9.17, 15) is 13.2 Å². The van der Waals surface area contributed by atoms with E-state index in [1.54, 1.807) is 20.8 Å². The Hall–Kier alpha value is -0.620. The van der Waals surface area contributed by atoms with E-state index in [2.05, 4.69) is 19.2 Å². The maximum absolute atomic E-state index is 11.7. The van der Waals surface area contributed by atoms with Crippen LogP contribution in [0.3, 0.4) is 0 Å². The molecule has 0 saturated heterocycles. The lowest BCUT2D eigenvalue weighted by Crippen LogP contribution is -2.30. The van der Waals surface area contributed by atoms with Gasteiger partial charge in [-0.2, -0.15) is 0 Å². The fraction of sp³-hybridized carbons (Fsp3) is 0.923. The summed E-state index contributed by atoms with van der Waals surface area (Å²) >= 11 is 0. The molecule has 0 aromatic heterocycles. The Balaban J connectivity index is 3.96. The molecule has 114 valence electrons. The van der Waals surface area contributed by atoms with Crippen molar-refractivity contribution in [3.05, 3.63) is 0 Å². The molecule has 0 spiro atoms. The number of hydrogen-bond acceptors (Lipinski definition) is 5. The molecule has 0 radical (unpaired) electrons. The number of carbonyl (C=O) groups is 1. The maximum atomic E-state index is 11.7. The highest BCUT2D eigenvalue weighted by molar-refractivity contribution is 7.92. The molecule has 1 N–H and O–H groups in total. The molecule has 0 aromatic carbocycles. The molecule has 0 bridgehead atoms. The summed E-state index contributed by atoms with van der Waals surface area (Å²) in [5.41, 5.74) is -0.647. The zero-order chi connectivity index (χ0) is 15.1. The fourth-order valence-electron chi connectivity index (χ4n) is 1.43. The van der Waals surface area contributed by atoms with Gasteiger partial charge in [0.05, 0.1) is 5.75 Å². The number of carbonyl (C=O) groups excluding carboxylic acids is 1. The molecule has 0 fully saturated rings. The van der Waals surface area contributed by atoms with Crippen molar-refractivity contribution in [1.82, 2.24) is 5.32 Å². The first kappa shape index (κ1) is 18.4. The highest BCUT2D eigenvalue weighted by Crippen LogP contribution is 2.08. The molecule has 0 atom stereocenters. The fourth-order valence-corrected chi connectivity index (χ4v) is 2.58. The highest BCUT2D eigenvalue weighted by Gasteiger charge is 2.22. The van der Waals surface area contributed by atoms with Gasteiger partial charge in [0.25, 0.3) is 0 Å². The zero-order valence-electron chi connectivity index (χ0n) is 12.7. The van der Waals surface area contributed by atoms with E-state index in [-0.39, 0.29) is 5.75 Å². The third-order valence-electron chi connectivity index (χ3n) is 2.12. The van der Waals surface area contributed by atoms with Crippen molar-refractivity contribution in [3.63, 3.8) is 0 Å². The summed E-state index contributed by atoms with van der Waals surface area (Å²) in [6, 6.07) is 0. The third kappa shape index (κ3) is 12.2. The monoisotopic (exact) mass is 293 g/mol. The molecule has 0 rings (SSSR count). The second-order valence-corrected chi connectivity index (χ2v) is 8.31. The second kappa shape index (κ2) is 7.85. The molecular formula is C13H27NO4S. The number of rotatable bonds is 8. The van der Waals surface area contributed by atoms with Crippen LogP contribution in [0.1, 0.15) is 41.0 Å². The van der Waals surface area contributed by atoms with E-state index in [1.165, 1.54) is 0 Å². The normalized spacial score (nSPS) is 12.7. The third-order valence-corrected chi connectivity index (χ3v) is 3.71. The predicted molar refractivity (Wildman–Crippen MR) is 76.8 cm³/mol. The first-order valence-corrected chi connectivity index (χ1v) is 8.47. The van der Waals surface area contributed by atoms with Crippen LogP contribution < -0.4 is 5.32 Å². The quantitative estimate of drug-likeness (QED) is 0.540. The first-order valence-electron chi connectivity index (χ1n) is 6.65. The van der Waals surface area contributed by atoms with Gasteiger partial charge in [0.1, 0.15) is 11.4 Å². The number of esters is 1. The van der Waals surface area contributed by atoms with Gasteiger partial charge in [-0.15, -0.1) is 0 Å². The number of sulfone groups is 1. The van der Waals surface area contributed by atoms with Gasteiger partial charge in [0, 0.05) is 0 Å². The van der Waals surface area contributed by atoms with Crippen LogP contribution in [0.2, 0.25) is 0 Å². The van der Waals surface area contributed by atoms with Crippen molar-refractivity contribution in [2.75, 3.05) is 24.6 Å². The summed E-state index contributed by atoms with van der Waals surface area (Å²) < 4.78 is 28.4. The van der Waals surface area contributed by atoms with Gasteiger partial charge in [-0.3, -0.25) is 4.79 Å². The summed E-state index contributed by atoms with van der Waals surface area (Å²) in [5.74, 6) is -0.660. The number of nitrogens with one attached hydrogen (secondary N) is 1. The Morgan fingerprint density at radius 3 is 2.32 bits per heavy atom. The van der Waals surface area contributed by atoms with E-state index in [0.29, 0.717) is 18.9 Å². The molecule has 0 unspecified atom stereocenters. The van der Waals surface area contributed by atoms with Crippen LogP contribution in [0.15, 0.2) is 0 Å². The second-order valence-electron chi connectivity index (χ2n) is 6.13. The van der Waals surface area contributed by atoms with Gasteiger partial charge in [-0.25, -0.2) is 8.42 Å². The summed E-state index contributed by atoms with van der Waals surface area (Å²) in [6.45, 7) is 10.8. The minimum Gasteiger partial charge on any atom is -0.459 e. The van der Waals surface area contributed by atoms with E-state index in [4.69, 9.17) is 4.74 Å². The van der Waals surface area contributed by atoms with Crippen molar-refractivity contribution in [1.29, 1.82) is 0 Å². The van der Waals surface area contributed by atoms with Crippen molar-refractivity contribution in [2.45, 2.75) is 46.6 Å². The predicted octanol–water partition coefficient (Wildman–Crippen LogP) is 1.38. The van der Waals surface area contributed by atoms with Gasteiger partial charge in [0.15, 0.2) is 9.84 Å². The maximum Gasteiger partial charge on any atom is 0.321 e. The van der Waals surface area contributed by atoms with Gasteiger partial charge in [-0.05, 0) is 46.2 Å². The summed E-state index contributed by atoms with van der Waals surface area (Å²) in [6.07, 6.45) is 0.512. The lowest BCUT2D eigenvalue weighted by atomic mass is 10.2. The summed E-state index contributed by atoms with van der Waals surface area (Å²) in [5, 5.41) is 3.17. The minimum atomic E-state index is -3.37. The molecule has 0 heterocycles. The molecule has 0 amide bonds. The van der Waals surface area contributed by atoms with Crippen LogP contribution in [0.25, 0.3) is 0 Å². The summed E-state index contributed by atoms with van der Waals surface area (Å²) in [7, 11) is -3.37. The van der Waals surface area contributed by atoms with Crippen LogP contribution in [0.4, 0.5) is 0 Å². The lowest BCUT2D eigenvalue weighted by Gasteiger charge is -2.19.